The molecular weight excluding hydrogens is 362 g/mol. The molecule has 2 rings (SSSR count). The van der Waals surface area contributed by atoms with Gasteiger partial charge >= 0.3 is 0 Å². The highest BCUT2D eigenvalue weighted by atomic mass is 32.1. The Balaban J connectivity index is 1.79. The predicted molar refractivity (Wildman–Crippen MR) is 110 cm³/mol. The maximum Gasteiger partial charge on any atom is 0.273 e. The molecule has 0 aliphatic rings. The normalized spacial score (nSPS) is 9.96. The number of hydrogen-bond acceptors (Lipinski definition) is 4. The molecule has 0 radical (unpaired) electrons. The summed E-state index contributed by atoms with van der Waals surface area (Å²) in [6.45, 7) is 3.56. The number of ether oxygens (including phenoxy) is 2. The van der Waals surface area contributed by atoms with E-state index in [1.165, 1.54) is 0 Å². The van der Waals surface area contributed by atoms with E-state index in [-0.39, 0.29) is 5.91 Å². The van der Waals surface area contributed by atoms with Crippen LogP contribution in [0.25, 0.3) is 0 Å². The van der Waals surface area contributed by atoms with Gasteiger partial charge in [0.05, 0.1) is 5.56 Å². The van der Waals surface area contributed by atoms with Gasteiger partial charge in [0.1, 0.15) is 24.7 Å². The quantitative estimate of drug-likeness (QED) is 0.349. The van der Waals surface area contributed by atoms with Gasteiger partial charge in [0.25, 0.3) is 5.91 Å². The summed E-state index contributed by atoms with van der Waals surface area (Å²) in [6.07, 6.45) is 2.08. The summed E-state index contributed by atoms with van der Waals surface area (Å²) in [6, 6.07) is 16.5. The SMILES string of the molecule is CCCCNC(=S)NNC(=O)c1ccccc1OCCOc1ccccc1. The van der Waals surface area contributed by atoms with Crippen LogP contribution in [-0.2, 0) is 0 Å². The first kappa shape index (κ1) is 20.5. The Hall–Kier alpha value is -2.80. The molecule has 0 aliphatic heterocycles. The van der Waals surface area contributed by atoms with Crippen molar-refractivity contribution in [2.45, 2.75) is 19.8 Å². The molecule has 27 heavy (non-hydrogen) atoms. The molecule has 0 atom stereocenters. The van der Waals surface area contributed by atoms with Crippen molar-refractivity contribution >= 4 is 23.2 Å². The first-order chi connectivity index (χ1) is 13.2. The number of benzene rings is 2. The number of nitrogens with one attached hydrogen (secondary N) is 3. The molecule has 0 fully saturated rings. The summed E-state index contributed by atoms with van der Waals surface area (Å²) < 4.78 is 11.3. The summed E-state index contributed by atoms with van der Waals surface area (Å²) in [5, 5.41) is 3.40. The first-order valence-corrected chi connectivity index (χ1v) is 9.35. The molecule has 2 aromatic carbocycles. The molecule has 7 heteroatoms. The number of rotatable bonds is 9. The molecule has 0 unspecified atom stereocenters. The third-order valence-electron chi connectivity index (χ3n) is 3.59. The van der Waals surface area contributed by atoms with Crippen molar-refractivity contribution in [2.24, 2.45) is 0 Å². The van der Waals surface area contributed by atoms with Gasteiger partial charge in [0.15, 0.2) is 5.11 Å². The zero-order valence-electron chi connectivity index (χ0n) is 15.4. The van der Waals surface area contributed by atoms with Gasteiger partial charge in [-0.1, -0.05) is 43.7 Å². The molecule has 0 spiro atoms. The highest BCUT2D eigenvalue weighted by Gasteiger charge is 2.12. The molecular formula is C20H25N3O3S. The minimum absolute atomic E-state index is 0.323. The van der Waals surface area contributed by atoms with Crippen LogP contribution in [-0.4, -0.2) is 30.8 Å². The Morgan fingerprint density at radius 2 is 1.67 bits per heavy atom. The zero-order valence-corrected chi connectivity index (χ0v) is 16.2. The van der Waals surface area contributed by atoms with Crippen LogP contribution in [0.4, 0.5) is 0 Å². The molecule has 0 heterocycles. The van der Waals surface area contributed by atoms with Crippen molar-refractivity contribution in [3.05, 3.63) is 60.2 Å². The van der Waals surface area contributed by atoms with E-state index in [1.54, 1.807) is 18.2 Å². The Bertz CT molecular complexity index is 725. The summed E-state index contributed by atoms with van der Waals surface area (Å²) in [7, 11) is 0. The topological polar surface area (TPSA) is 71.6 Å². The molecule has 1 amide bonds. The number of para-hydroxylation sites is 2. The highest BCUT2D eigenvalue weighted by molar-refractivity contribution is 7.80. The largest absolute Gasteiger partial charge is 0.490 e. The fourth-order valence-corrected chi connectivity index (χ4v) is 2.36. The van der Waals surface area contributed by atoms with Crippen LogP contribution in [0, 0.1) is 0 Å². The van der Waals surface area contributed by atoms with E-state index < -0.39 is 0 Å². The fourth-order valence-electron chi connectivity index (χ4n) is 2.21. The van der Waals surface area contributed by atoms with E-state index >= 15 is 0 Å². The standard InChI is InChI=1S/C20H25N3O3S/c1-2-3-13-21-20(27)23-22-19(24)17-11-7-8-12-18(17)26-15-14-25-16-9-5-4-6-10-16/h4-12H,2-3,13-15H2,1H3,(H,22,24)(H2,21,23,27). The van der Waals surface area contributed by atoms with Gasteiger partial charge in [0, 0.05) is 6.54 Å². The van der Waals surface area contributed by atoms with Crippen LogP contribution in [0.3, 0.4) is 0 Å². The number of hydrazine groups is 1. The van der Waals surface area contributed by atoms with Crippen LogP contribution >= 0.6 is 12.2 Å². The minimum Gasteiger partial charge on any atom is -0.490 e. The van der Waals surface area contributed by atoms with Crippen molar-refractivity contribution in [1.29, 1.82) is 0 Å². The van der Waals surface area contributed by atoms with Crippen molar-refractivity contribution in [2.75, 3.05) is 19.8 Å². The Morgan fingerprint density at radius 1 is 0.963 bits per heavy atom. The molecule has 0 saturated carbocycles. The van der Waals surface area contributed by atoms with Crippen molar-refractivity contribution < 1.29 is 14.3 Å². The highest BCUT2D eigenvalue weighted by Crippen LogP contribution is 2.17. The van der Waals surface area contributed by atoms with Gasteiger partial charge in [-0.2, -0.15) is 0 Å². The number of carbonyl (C=O) groups is 1. The lowest BCUT2D eigenvalue weighted by Crippen LogP contribution is -2.47. The summed E-state index contributed by atoms with van der Waals surface area (Å²) in [5.41, 5.74) is 5.69. The number of hydrogen-bond donors (Lipinski definition) is 3. The maximum absolute atomic E-state index is 12.4. The maximum atomic E-state index is 12.4. The van der Waals surface area contributed by atoms with Crippen LogP contribution in [0.1, 0.15) is 30.1 Å². The van der Waals surface area contributed by atoms with E-state index in [2.05, 4.69) is 23.1 Å². The predicted octanol–water partition coefficient (Wildman–Crippen LogP) is 3.05. The van der Waals surface area contributed by atoms with Gasteiger partial charge < -0.3 is 14.8 Å². The average Bonchev–Trinajstić information content (AvgIpc) is 2.71. The Labute approximate surface area is 165 Å². The molecule has 0 aromatic heterocycles. The summed E-state index contributed by atoms with van der Waals surface area (Å²) >= 11 is 5.12. The van der Waals surface area contributed by atoms with E-state index in [0.717, 1.165) is 25.1 Å². The van der Waals surface area contributed by atoms with Gasteiger partial charge in [-0.15, -0.1) is 0 Å². The van der Waals surface area contributed by atoms with E-state index in [9.17, 15) is 4.79 Å². The minimum atomic E-state index is -0.325. The van der Waals surface area contributed by atoms with E-state index in [0.29, 0.717) is 29.6 Å². The lowest BCUT2D eigenvalue weighted by atomic mass is 10.2. The summed E-state index contributed by atoms with van der Waals surface area (Å²) in [4.78, 5) is 12.4. The second kappa shape index (κ2) is 11.7. The lowest BCUT2D eigenvalue weighted by Gasteiger charge is -2.14. The molecule has 2 aromatic rings. The third kappa shape index (κ3) is 7.53. The number of thiocarbonyl (C=S) groups is 1. The van der Waals surface area contributed by atoms with Gasteiger partial charge in [-0.25, -0.2) is 0 Å². The smallest absolute Gasteiger partial charge is 0.273 e. The first-order valence-electron chi connectivity index (χ1n) is 8.94. The Morgan fingerprint density at radius 3 is 2.44 bits per heavy atom. The van der Waals surface area contributed by atoms with Gasteiger partial charge in [-0.3, -0.25) is 15.6 Å². The fraction of sp³-hybridized carbons (Fsp3) is 0.300. The molecule has 0 bridgehead atoms. The summed E-state index contributed by atoms with van der Waals surface area (Å²) in [5.74, 6) is 0.938. The van der Waals surface area contributed by atoms with Crippen LogP contribution in [0.5, 0.6) is 11.5 Å². The molecule has 0 aliphatic carbocycles. The average molecular weight is 388 g/mol. The monoisotopic (exact) mass is 387 g/mol. The van der Waals surface area contributed by atoms with Crippen LogP contribution in [0.2, 0.25) is 0 Å². The van der Waals surface area contributed by atoms with E-state index in [1.807, 2.05) is 36.4 Å². The molecule has 144 valence electrons. The second-order valence-electron chi connectivity index (χ2n) is 5.69. The molecule has 3 N–H and O–H groups in total. The molecule has 0 saturated heterocycles. The second-order valence-corrected chi connectivity index (χ2v) is 6.10. The zero-order chi connectivity index (χ0) is 19.3. The lowest BCUT2D eigenvalue weighted by molar-refractivity contribution is 0.0938. The van der Waals surface area contributed by atoms with Crippen LogP contribution in [0.15, 0.2) is 54.6 Å². The van der Waals surface area contributed by atoms with Crippen molar-refractivity contribution in [1.82, 2.24) is 16.2 Å². The molecule has 6 nitrogen and oxygen atoms in total. The van der Waals surface area contributed by atoms with Crippen LogP contribution < -0.4 is 25.6 Å². The number of amides is 1. The Kier molecular flexibility index (Phi) is 8.92. The number of carbonyl (C=O) groups excluding carboxylic acids is 1. The third-order valence-corrected chi connectivity index (χ3v) is 3.84. The van der Waals surface area contributed by atoms with Gasteiger partial charge in [0.2, 0.25) is 0 Å². The number of unbranched alkanes of at least 4 members (excludes halogenated alkanes) is 1. The van der Waals surface area contributed by atoms with Crippen molar-refractivity contribution in [3.8, 4) is 11.5 Å². The van der Waals surface area contributed by atoms with Crippen molar-refractivity contribution in [3.63, 3.8) is 0 Å². The van der Waals surface area contributed by atoms with Gasteiger partial charge in [-0.05, 0) is 42.9 Å². The van der Waals surface area contributed by atoms with E-state index in [4.69, 9.17) is 21.7 Å².